The van der Waals surface area contributed by atoms with Crippen LogP contribution in [0.4, 0.5) is 4.79 Å². The number of nitrogens with one attached hydrogen (secondary N) is 3. The molecule has 0 saturated carbocycles. The number of nitrogens with zero attached hydrogens (tertiary/aromatic N) is 1. The molecule has 14 heteroatoms. The number of hydrazone groups is 1. The molecule has 1 heterocycles. The summed E-state index contributed by atoms with van der Waals surface area (Å²) < 4.78 is 27.3. The number of esters is 2. The minimum absolute atomic E-state index is 0.191. The summed E-state index contributed by atoms with van der Waals surface area (Å²) in [4.78, 5) is 35.8. The lowest BCUT2D eigenvalue weighted by Gasteiger charge is -2.28. The molecule has 0 aromatic heterocycles. The van der Waals surface area contributed by atoms with E-state index < -0.39 is 30.2 Å². The third-order valence-electron chi connectivity index (χ3n) is 5.64. The van der Waals surface area contributed by atoms with Crippen LogP contribution in [0, 0.1) is 0 Å². The molecule has 2 aromatic rings. The van der Waals surface area contributed by atoms with E-state index in [1.54, 1.807) is 44.2 Å². The van der Waals surface area contributed by atoms with Crippen molar-refractivity contribution in [1.29, 1.82) is 0 Å². The molecule has 0 bridgehead atoms. The van der Waals surface area contributed by atoms with Crippen molar-refractivity contribution in [3.63, 3.8) is 0 Å². The Labute approximate surface area is 244 Å². The molecule has 4 N–H and O–H groups in total. The summed E-state index contributed by atoms with van der Waals surface area (Å²) in [6, 6.07) is 6.88. The zero-order valence-electron chi connectivity index (χ0n) is 23.1. The number of ether oxygens (including phenoxy) is 5. The van der Waals surface area contributed by atoms with Gasteiger partial charge in [0, 0.05) is 22.7 Å². The van der Waals surface area contributed by atoms with E-state index in [0.29, 0.717) is 45.2 Å². The molecular weight excluding hydrogens is 604 g/mol. The molecule has 1 aliphatic heterocycles. The van der Waals surface area contributed by atoms with Crippen molar-refractivity contribution in [3.8, 4) is 23.0 Å². The monoisotopic (exact) mass is 634 g/mol. The molecule has 0 radical (unpaired) electrons. The number of hydrogen-bond donors (Lipinski definition) is 4. The molecule has 2 amide bonds. The fourth-order valence-corrected chi connectivity index (χ4v) is 4.28. The number of halogens is 1. The number of carbonyl (C=O) groups is 3. The number of methoxy groups -OCH3 is 2. The van der Waals surface area contributed by atoms with Gasteiger partial charge in [-0.25, -0.2) is 9.59 Å². The van der Waals surface area contributed by atoms with Crippen molar-refractivity contribution >= 4 is 40.1 Å². The van der Waals surface area contributed by atoms with Crippen LogP contribution in [0.5, 0.6) is 23.0 Å². The van der Waals surface area contributed by atoms with E-state index in [0.717, 1.165) is 0 Å². The number of amides is 2. The number of urea groups is 1. The Morgan fingerprint density at radius 3 is 2.56 bits per heavy atom. The second-order valence-electron chi connectivity index (χ2n) is 8.53. The lowest BCUT2D eigenvalue weighted by molar-refractivity contribution is -0.136. The fourth-order valence-electron chi connectivity index (χ4n) is 3.86. The highest BCUT2D eigenvalue weighted by molar-refractivity contribution is 9.10. The number of aliphatic hydroxyl groups excluding tert-OH is 1. The van der Waals surface area contributed by atoms with Crippen molar-refractivity contribution in [1.82, 2.24) is 16.1 Å². The first-order valence-corrected chi connectivity index (χ1v) is 13.2. The molecule has 0 fully saturated rings. The second kappa shape index (κ2) is 14.4. The minimum atomic E-state index is -1.19. The Morgan fingerprint density at radius 1 is 1.15 bits per heavy atom. The number of rotatable bonds is 12. The van der Waals surface area contributed by atoms with Gasteiger partial charge in [0.25, 0.3) is 0 Å². The topological polar surface area (TPSA) is 166 Å². The number of allylic oxidation sites excluding steroid dienone is 1. The average molecular weight is 635 g/mol. The first kappa shape index (κ1) is 31.2. The smallest absolute Gasteiger partial charge is 0.337 e. The van der Waals surface area contributed by atoms with Crippen LogP contribution in [0.15, 0.2) is 51.2 Å². The molecule has 0 spiro atoms. The van der Waals surface area contributed by atoms with E-state index in [2.05, 4.69) is 37.1 Å². The van der Waals surface area contributed by atoms with Gasteiger partial charge in [0.15, 0.2) is 29.2 Å². The summed E-state index contributed by atoms with van der Waals surface area (Å²) in [5, 5.41) is 19.7. The number of aliphatic hydroxyl groups is 1. The van der Waals surface area contributed by atoms with Gasteiger partial charge in [-0.2, -0.15) is 5.10 Å². The summed E-state index contributed by atoms with van der Waals surface area (Å²) in [5.74, 6) is 0.179. The third kappa shape index (κ3) is 8.11. The highest BCUT2D eigenvalue weighted by atomic mass is 79.9. The SMILES string of the molecule is CCOc1cc([C@@H]2NC(=O)NC(C)=C2C(=O)OC)ccc1OC[C@H](O)N/N=C\c1cc(OC)c(OC(C)=O)cc1Br. The van der Waals surface area contributed by atoms with Gasteiger partial charge < -0.3 is 39.4 Å². The summed E-state index contributed by atoms with van der Waals surface area (Å²) in [6.07, 6.45) is 0.247. The van der Waals surface area contributed by atoms with Gasteiger partial charge in [-0.05, 0) is 59.6 Å². The molecule has 1 aliphatic rings. The van der Waals surface area contributed by atoms with E-state index in [-0.39, 0.29) is 17.9 Å². The van der Waals surface area contributed by atoms with Crippen LogP contribution in [0.2, 0.25) is 0 Å². The van der Waals surface area contributed by atoms with Gasteiger partial charge in [0.05, 0.1) is 38.7 Å². The van der Waals surface area contributed by atoms with Crippen LogP contribution in [0.3, 0.4) is 0 Å². The summed E-state index contributed by atoms with van der Waals surface area (Å²) >= 11 is 3.39. The molecule has 0 unspecified atom stereocenters. The normalized spacial score (nSPS) is 15.5. The maximum atomic E-state index is 12.4. The number of carbonyl (C=O) groups excluding carboxylic acids is 3. The Bertz CT molecular complexity index is 1360. The first-order valence-electron chi connectivity index (χ1n) is 12.4. The predicted molar refractivity (Wildman–Crippen MR) is 151 cm³/mol. The second-order valence-corrected chi connectivity index (χ2v) is 9.39. The van der Waals surface area contributed by atoms with Crippen LogP contribution in [0.1, 0.15) is 37.9 Å². The highest BCUT2D eigenvalue weighted by Crippen LogP contribution is 2.35. The lowest BCUT2D eigenvalue weighted by atomic mass is 9.95. The first-order chi connectivity index (χ1) is 19.6. The standard InChI is InChI=1S/C27H31BrN4O9/c1-6-39-21-9-16(25-24(26(35)38-5)14(2)30-27(36)31-25)7-8-19(21)40-13-23(34)32-29-12-17-10-20(37-4)22(11-18(17)28)41-15(3)33/h7-12,23,25,32,34H,6,13H2,1-5H3,(H2,30,31,36)/b29-12-/t23-,25-/m0/s1. The molecule has 41 heavy (non-hydrogen) atoms. The molecular formula is C27H31BrN4O9. The molecule has 0 aliphatic carbocycles. The average Bonchev–Trinajstić information content (AvgIpc) is 2.92. The summed E-state index contributed by atoms with van der Waals surface area (Å²) in [7, 11) is 2.71. The third-order valence-corrected chi connectivity index (χ3v) is 6.32. The van der Waals surface area contributed by atoms with Crippen molar-refractivity contribution in [2.45, 2.75) is 33.0 Å². The van der Waals surface area contributed by atoms with E-state index >= 15 is 0 Å². The van der Waals surface area contributed by atoms with Crippen LogP contribution >= 0.6 is 15.9 Å². The van der Waals surface area contributed by atoms with Gasteiger partial charge in [-0.1, -0.05) is 6.07 Å². The van der Waals surface area contributed by atoms with E-state index in [1.807, 2.05) is 0 Å². The van der Waals surface area contributed by atoms with Crippen molar-refractivity contribution in [2.24, 2.45) is 5.10 Å². The predicted octanol–water partition coefficient (Wildman–Crippen LogP) is 2.90. The maximum absolute atomic E-state index is 12.4. The van der Waals surface area contributed by atoms with Crippen LogP contribution < -0.4 is 35.0 Å². The fraction of sp³-hybridized carbons (Fsp3) is 0.333. The van der Waals surface area contributed by atoms with E-state index in [4.69, 9.17) is 23.7 Å². The molecule has 220 valence electrons. The Hall–Kier alpha value is -4.30. The van der Waals surface area contributed by atoms with Crippen molar-refractivity contribution < 1.29 is 43.2 Å². The zero-order valence-corrected chi connectivity index (χ0v) is 24.7. The maximum Gasteiger partial charge on any atom is 0.337 e. The molecule has 13 nitrogen and oxygen atoms in total. The zero-order chi connectivity index (χ0) is 30.1. The van der Waals surface area contributed by atoms with Gasteiger partial charge in [0.2, 0.25) is 0 Å². The van der Waals surface area contributed by atoms with Crippen molar-refractivity contribution in [2.75, 3.05) is 27.4 Å². The van der Waals surface area contributed by atoms with Crippen LogP contribution in [-0.4, -0.2) is 63.0 Å². The van der Waals surface area contributed by atoms with Gasteiger partial charge in [0.1, 0.15) is 6.61 Å². The highest BCUT2D eigenvalue weighted by Gasteiger charge is 2.32. The molecule has 0 saturated heterocycles. The Kier molecular flexibility index (Phi) is 10.9. The minimum Gasteiger partial charge on any atom is -0.493 e. The molecule has 3 rings (SSSR count). The Morgan fingerprint density at radius 2 is 1.90 bits per heavy atom. The van der Waals surface area contributed by atoms with Gasteiger partial charge in [-0.15, -0.1) is 0 Å². The van der Waals surface area contributed by atoms with Crippen LogP contribution in [0.25, 0.3) is 0 Å². The van der Waals surface area contributed by atoms with Crippen LogP contribution in [-0.2, 0) is 14.3 Å². The quantitative estimate of drug-likeness (QED) is 0.0896. The van der Waals surface area contributed by atoms with Gasteiger partial charge in [-0.3, -0.25) is 10.2 Å². The lowest BCUT2D eigenvalue weighted by Crippen LogP contribution is -2.45. The molecule has 2 atom stereocenters. The molecule has 2 aromatic carbocycles. The summed E-state index contributed by atoms with van der Waals surface area (Å²) in [5.41, 5.74) is 4.36. The number of hydrogen-bond acceptors (Lipinski definition) is 11. The van der Waals surface area contributed by atoms with Crippen molar-refractivity contribution in [3.05, 3.63) is 57.2 Å². The van der Waals surface area contributed by atoms with E-state index in [9.17, 15) is 19.5 Å². The Balaban J connectivity index is 1.70. The number of benzene rings is 2. The van der Waals surface area contributed by atoms with E-state index in [1.165, 1.54) is 27.4 Å². The van der Waals surface area contributed by atoms with Gasteiger partial charge >= 0.3 is 18.0 Å². The largest absolute Gasteiger partial charge is 0.493 e. The summed E-state index contributed by atoms with van der Waals surface area (Å²) in [6.45, 7) is 4.82.